The third-order valence-electron chi connectivity index (χ3n) is 5.53. The van der Waals surface area contributed by atoms with Gasteiger partial charge in [-0.1, -0.05) is 24.3 Å². The summed E-state index contributed by atoms with van der Waals surface area (Å²) >= 11 is 1.30. The molecule has 2 heterocycles. The number of nitrogens with two attached hydrogens (primary N) is 1. The summed E-state index contributed by atoms with van der Waals surface area (Å²) in [5, 5.41) is 4.69. The number of imide groups is 1. The Morgan fingerprint density at radius 3 is 2.23 bits per heavy atom. The van der Waals surface area contributed by atoms with Gasteiger partial charge in [0.25, 0.3) is 17.7 Å². The molecule has 2 aromatic carbocycles. The first-order chi connectivity index (χ1) is 14.8. The Balaban J connectivity index is 1.44. The normalized spacial score (nSPS) is 13.0. The molecule has 1 aliphatic rings. The van der Waals surface area contributed by atoms with Crippen LogP contribution in [-0.4, -0.2) is 35.1 Å². The van der Waals surface area contributed by atoms with Crippen molar-refractivity contribution in [3.8, 4) is 0 Å². The van der Waals surface area contributed by atoms with Crippen molar-refractivity contribution >= 4 is 50.7 Å². The van der Waals surface area contributed by atoms with Crippen molar-refractivity contribution in [1.29, 1.82) is 0 Å². The van der Waals surface area contributed by atoms with E-state index in [2.05, 4.69) is 5.32 Å². The zero-order chi connectivity index (χ0) is 22.3. The number of rotatable bonds is 6. The molecular formula is C23H21N3O4S. The van der Waals surface area contributed by atoms with Crippen molar-refractivity contribution < 1.29 is 19.2 Å². The Morgan fingerprint density at radius 2 is 1.65 bits per heavy atom. The zero-order valence-corrected chi connectivity index (χ0v) is 18.0. The molecule has 0 aliphatic carbocycles. The van der Waals surface area contributed by atoms with Crippen LogP contribution in [0.2, 0.25) is 0 Å². The van der Waals surface area contributed by atoms with E-state index in [1.807, 2.05) is 19.1 Å². The molecule has 31 heavy (non-hydrogen) atoms. The van der Waals surface area contributed by atoms with E-state index < -0.39 is 5.91 Å². The van der Waals surface area contributed by atoms with Crippen LogP contribution in [0.5, 0.6) is 0 Å². The van der Waals surface area contributed by atoms with Crippen molar-refractivity contribution in [1.82, 2.24) is 4.90 Å². The molecule has 1 aliphatic heterocycles. The van der Waals surface area contributed by atoms with Gasteiger partial charge in [0.2, 0.25) is 5.91 Å². The minimum Gasteiger partial charge on any atom is -0.365 e. The van der Waals surface area contributed by atoms with Gasteiger partial charge in [-0.15, -0.1) is 11.3 Å². The Kier molecular flexibility index (Phi) is 5.32. The highest BCUT2D eigenvalue weighted by atomic mass is 32.1. The molecule has 0 spiro atoms. The average molecular weight is 436 g/mol. The Labute approximate surface area is 182 Å². The summed E-state index contributed by atoms with van der Waals surface area (Å²) in [6.45, 7) is 3.77. The van der Waals surface area contributed by atoms with Crippen molar-refractivity contribution in [2.45, 2.75) is 26.7 Å². The van der Waals surface area contributed by atoms with Gasteiger partial charge in [0.1, 0.15) is 5.00 Å². The van der Waals surface area contributed by atoms with Gasteiger partial charge in [-0.25, -0.2) is 0 Å². The molecule has 0 radical (unpaired) electrons. The van der Waals surface area contributed by atoms with E-state index >= 15 is 0 Å². The monoisotopic (exact) mass is 435 g/mol. The number of carbonyl (C=O) groups is 4. The number of nitrogens with one attached hydrogen (secondary N) is 1. The van der Waals surface area contributed by atoms with Crippen LogP contribution in [0.3, 0.4) is 0 Å². The maximum Gasteiger partial charge on any atom is 0.261 e. The lowest BCUT2D eigenvalue weighted by Crippen LogP contribution is -2.41. The largest absolute Gasteiger partial charge is 0.365 e. The molecule has 0 atom stereocenters. The van der Waals surface area contributed by atoms with Crippen LogP contribution in [0.4, 0.5) is 5.00 Å². The highest BCUT2D eigenvalue weighted by Crippen LogP contribution is 2.32. The smallest absolute Gasteiger partial charge is 0.261 e. The van der Waals surface area contributed by atoms with Crippen LogP contribution < -0.4 is 11.1 Å². The summed E-state index contributed by atoms with van der Waals surface area (Å²) in [4.78, 5) is 52.0. The van der Waals surface area contributed by atoms with Gasteiger partial charge in [-0.3, -0.25) is 24.1 Å². The number of hydrogen-bond donors (Lipinski definition) is 2. The van der Waals surface area contributed by atoms with Gasteiger partial charge in [-0.05, 0) is 43.4 Å². The molecule has 0 fully saturated rings. The lowest BCUT2D eigenvalue weighted by molar-refractivity contribution is -0.116. The fraction of sp³-hybridized carbons (Fsp3) is 0.217. The van der Waals surface area contributed by atoms with Gasteiger partial charge in [0.15, 0.2) is 0 Å². The Bertz CT molecular complexity index is 1210. The third kappa shape index (κ3) is 3.59. The molecule has 8 heteroatoms. The lowest BCUT2D eigenvalue weighted by atomic mass is 9.94. The predicted octanol–water partition coefficient (Wildman–Crippen LogP) is 3.63. The molecule has 0 saturated carbocycles. The summed E-state index contributed by atoms with van der Waals surface area (Å²) in [5.74, 6) is -1.59. The van der Waals surface area contributed by atoms with Gasteiger partial charge >= 0.3 is 0 Å². The summed E-state index contributed by atoms with van der Waals surface area (Å²) in [5.41, 5.74) is 7.50. The first kappa shape index (κ1) is 20.7. The molecule has 4 amide bonds. The number of aryl methyl sites for hydroxylation is 1. The second-order valence-electron chi connectivity index (χ2n) is 7.47. The number of primary amides is 1. The van der Waals surface area contributed by atoms with Gasteiger partial charge < -0.3 is 11.1 Å². The number of nitrogens with zero attached hydrogens (tertiary/aromatic N) is 1. The van der Waals surface area contributed by atoms with E-state index in [9.17, 15) is 19.2 Å². The van der Waals surface area contributed by atoms with E-state index in [0.717, 1.165) is 15.8 Å². The topological polar surface area (TPSA) is 110 Å². The lowest BCUT2D eigenvalue weighted by Gasteiger charge is -2.27. The van der Waals surface area contributed by atoms with E-state index in [0.29, 0.717) is 33.5 Å². The maximum atomic E-state index is 12.9. The van der Waals surface area contributed by atoms with E-state index in [-0.39, 0.29) is 30.7 Å². The predicted molar refractivity (Wildman–Crippen MR) is 119 cm³/mol. The van der Waals surface area contributed by atoms with E-state index in [4.69, 9.17) is 5.73 Å². The van der Waals surface area contributed by atoms with Crippen LogP contribution in [0, 0.1) is 13.8 Å². The highest BCUT2D eigenvalue weighted by molar-refractivity contribution is 7.16. The summed E-state index contributed by atoms with van der Waals surface area (Å²) in [7, 11) is 0. The molecule has 0 bridgehead atoms. The van der Waals surface area contributed by atoms with Crippen LogP contribution in [0.15, 0.2) is 36.4 Å². The second kappa shape index (κ2) is 7.96. The van der Waals surface area contributed by atoms with Gasteiger partial charge in [0, 0.05) is 34.4 Å². The first-order valence-electron chi connectivity index (χ1n) is 9.87. The van der Waals surface area contributed by atoms with Crippen molar-refractivity contribution in [3.63, 3.8) is 0 Å². The van der Waals surface area contributed by atoms with Crippen LogP contribution in [0.1, 0.15) is 54.4 Å². The highest BCUT2D eigenvalue weighted by Gasteiger charge is 2.32. The molecule has 3 aromatic rings. The molecule has 0 saturated heterocycles. The zero-order valence-electron chi connectivity index (χ0n) is 17.2. The maximum absolute atomic E-state index is 12.9. The fourth-order valence-electron chi connectivity index (χ4n) is 3.88. The number of thiophene rings is 1. The first-order valence-corrected chi connectivity index (χ1v) is 10.7. The van der Waals surface area contributed by atoms with E-state index in [1.165, 1.54) is 16.2 Å². The molecule has 3 N–H and O–H groups in total. The van der Waals surface area contributed by atoms with Crippen molar-refractivity contribution in [2.75, 3.05) is 11.9 Å². The number of anilines is 1. The molecule has 158 valence electrons. The van der Waals surface area contributed by atoms with Crippen molar-refractivity contribution in [3.05, 3.63) is 63.5 Å². The standard InChI is InChI=1S/C23H21N3O4S/c1-12-13(2)31-21(18(12)20(24)28)25-17(27)10-5-11-26-22(29)15-8-3-6-14-7-4-9-16(19(14)15)23(26)30/h3-4,6-9H,5,10-11H2,1-2H3,(H2,24,28)(H,25,27). The average Bonchev–Trinajstić information content (AvgIpc) is 3.01. The number of amides is 4. The molecule has 7 nitrogen and oxygen atoms in total. The molecule has 1 aromatic heterocycles. The molecule has 0 unspecified atom stereocenters. The molecule has 4 rings (SSSR count). The van der Waals surface area contributed by atoms with Crippen molar-refractivity contribution in [2.24, 2.45) is 5.73 Å². The Hall–Kier alpha value is -3.52. The number of carbonyl (C=O) groups excluding carboxylic acids is 4. The minimum atomic E-state index is -0.588. The number of hydrogen-bond acceptors (Lipinski definition) is 5. The number of benzene rings is 2. The van der Waals surface area contributed by atoms with E-state index in [1.54, 1.807) is 31.2 Å². The third-order valence-corrected chi connectivity index (χ3v) is 6.65. The summed E-state index contributed by atoms with van der Waals surface area (Å²) in [6.07, 6.45) is 0.397. The SMILES string of the molecule is Cc1sc(NC(=O)CCCN2C(=O)c3cccc4cccc(c34)C2=O)c(C(N)=O)c1C. The van der Waals surface area contributed by atoms with Gasteiger partial charge in [0.05, 0.1) is 5.56 Å². The van der Waals surface area contributed by atoms with Gasteiger partial charge in [-0.2, -0.15) is 0 Å². The summed E-state index contributed by atoms with van der Waals surface area (Å²) < 4.78 is 0. The second-order valence-corrected chi connectivity index (χ2v) is 8.70. The molecular weight excluding hydrogens is 414 g/mol. The summed E-state index contributed by atoms with van der Waals surface area (Å²) in [6, 6.07) is 10.8. The Morgan fingerprint density at radius 1 is 1.03 bits per heavy atom. The van der Waals surface area contributed by atoms with Crippen LogP contribution >= 0.6 is 11.3 Å². The minimum absolute atomic E-state index is 0.0943. The quantitative estimate of drug-likeness (QED) is 0.576. The van der Waals surface area contributed by atoms with Crippen LogP contribution in [-0.2, 0) is 4.79 Å². The fourth-order valence-corrected chi connectivity index (χ4v) is 4.96. The van der Waals surface area contributed by atoms with Crippen LogP contribution in [0.25, 0.3) is 10.8 Å².